The highest BCUT2D eigenvalue weighted by Gasteiger charge is 2.25. The van der Waals surface area contributed by atoms with Gasteiger partial charge in [0.05, 0.1) is 10.9 Å². The number of hydrogen-bond donors (Lipinski definition) is 2. The molecule has 100 valence electrons. The third-order valence-corrected chi connectivity index (χ3v) is 5.25. The molecule has 2 atom stereocenters. The van der Waals surface area contributed by atoms with Gasteiger partial charge in [0.15, 0.2) is 0 Å². The van der Waals surface area contributed by atoms with E-state index in [9.17, 15) is 4.21 Å². The zero-order valence-electron chi connectivity index (χ0n) is 10.9. The molecule has 4 nitrogen and oxygen atoms in total. The lowest BCUT2D eigenvalue weighted by Crippen LogP contribution is -2.32. The van der Waals surface area contributed by atoms with E-state index in [-0.39, 0.29) is 12.1 Å². The molecule has 0 saturated heterocycles. The van der Waals surface area contributed by atoms with Crippen molar-refractivity contribution in [3.8, 4) is 0 Å². The van der Waals surface area contributed by atoms with E-state index in [2.05, 4.69) is 16.0 Å². The maximum absolute atomic E-state index is 13.0. The number of rotatable bonds is 5. The Morgan fingerprint density at radius 3 is 2.56 bits per heavy atom. The third kappa shape index (κ3) is 3.23. The van der Waals surface area contributed by atoms with Crippen LogP contribution in [-0.4, -0.2) is 16.3 Å². The van der Waals surface area contributed by atoms with Crippen LogP contribution in [0.5, 0.6) is 0 Å². The van der Waals surface area contributed by atoms with Crippen molar-refractivity contribution in [3.05, 3.63) is 24.3 Å². The topological polar surface area (TPSA) is 67.5 Å². The molecule has 3 N–H and O–H groups in total. The van der Waals surface area contributed by atoms with Crippen LogP contribution in [0.2, 0.25) is 0 Å². The zero-order valence-corrected chi connectivity index (χ0v) is 11.7. The molecule has 0 spiro atoms. The number of nitrogen functional groups attached to an aromatic ring is 1. The van der Waals surface area contributed by atoms with Gasteiger partial charge in [-0.15, -0.1) is 0 Å². The largest absolute Gasteiger partial charge is 0.399 e. The van der Waals surface area contributed by atoms with Gasteiger partial charge >= 0.3 is 0 Å². The fourth-order valence-electron chi connectivity index (χ4n) is 1.56. The van der Waals surface area contributed by atoms with Crippen molar-refractivity contribution < 1.29 is 4.21 Å². The van der Waals surface area contributed by atoms with E-state index in [0.29, 0.717) is 5.69 Å². The smallest absolute Gasteiger partial charge is 0.137 e. The van der Waals surface area contributed by atoms with Gasteiger partial charge in [0.25, 0.3) is 0 Å². The number of nitrogens with zero attached hydrogens (tertiary/aromatic N) is 1. The molecule has 0 aliphatic heterocycles. The average Bonchev–Trinajstić information content (AvgIpc) is 3.13. The summed E-state index contributed by atoms with van der Waals surface area (Å²) in [6.07, 6.45) is 3.02. The Kier molecular flexibility index (Phi) is 3.92. The summed E-state index contributed by atoms with van der Waals surface area (Å²) in [5, 5.41) is 0. The van der Waals surface area contributed by atoms with Crippen molar-refractivity contribution >= 4 is 15.6 Å². The molecule has 0 bridgehead atoms. The van der Waals surface area contributed by atoms with E-state index in [1.165, 1.54) is 0 Å². The SMILES string of the molecule is CCC(C)NS(=O)(=NC1CC1)c1ccc(N)cc1. The van der Waals surface area contributed by atoms with Gasteiger partial charge in [0.2, 0.25) is 0 Å². The van der Waals surface area contributed by atoms with Crippen LogP contribution in [0.1, 0.15) is 33.1 Å². The van der Waals surface area contributed by atoms with E-state index in [1.54, 1.807) is 24.3 Å². The first-order chi connectivity index (χ1) is 8.53. The molecule has 0 heterocycles. The predicted molar refractivity (Wildman–Crippen MR) is 75.6 cm³/mol. The molecule has 0 aromatic heterocycles. The second-order valence-electron chi connectivity index (χ2n) is 4.86. The van der Waals surface area contributed by atoms with Gasteiger partial charge < -0.3 is 5.73 Å². The Morgan fingerprint density at radius 1 is 1.44 bits per heavy atom. The minimum atomic E-state index is -2.51. The monoisotopic (exact) mass is 267 g/mol. The van der Waals surface area contributed by atoms with Crippen molar-refractivity contribution in [3.63, 3.8) is 0 Å². The molecule has 0 amide bonds. The molecule has 0 radical (unpaired) electrons. The Bertz CT molecular complexity index is 514. The molecule has 1 fully saturated rings. The lowest BCUT2D eigenvalue weighted by atomic mass is 10.3. The van der Waals surface area contributed by atoms with E-state index in [0.717, 1.165) is 24.2 Å². The fourth-order valence-corrected chi connectivity index (χ4v) is 3.72. The highest BCUT2D eigenvalue weighted by Crippen LogP contribution is 2.27. The van der Waals surface area contributed by atoms with Gasteiger partial charge in [-0.1, -0.05) is 6.92 Å². The maximum atomic E-state index is 13.0. The van der Waals surface area contributed by atoms with Crippen molar-refractivity contribution in [2.75, 3.05) is 5.73 Å². The maximum Gasteiger partial charge on any atom is 0.137 e. The molecule has 1 saturated carbocycles. The normalized spacial score (nSPS) is 20.1. The van der Waals surface area contributed by atoms with E-state index >= 15 is 0 Å². The summed E-state index contributed by atoms with van der Waals surface area (Å²) in [4.78, 5) is 0.726. The van der Waals surface area contributed by atoms with Crippen molar-refractivity contribution in [2.24, 2.45) is 4.36 Å². The lowest BCUT2D eigenvalue weighted by molar-refractivity contribution is 0.615. The molecule has 1 aromatic rings. The van der Waals surface area contributed by atoms with E-state index in [4.69, 9.17) is 5.73 Å². The van der Waals surface area contributed by atoms with E-state index < -0.39 is 9.92 Å². The van der Waals surface area contributed by atoms with Crippen LogP contribution < -0.4 is 10.5 Å². The highest BCUT2D eigenvalue weighted by molar-refractivity contribution is 7.91. The molecule has 1 aromatic carbocycles. The first-order valence-electron chi connectivity index (χ1n) is 6.42. The third-order valence-electron chi connectivity index (χ3n) is 3.02. The Balaban J connectivity index is 2.35. The van der Waals surface area contributed by atoms with Crippen LogP contribution in [0.3, 0.4) is 0 Å². The fraction of sp³-hybridized carbons (Fsp3) is 0.538. The second kappa shape index (κ2) is 5.28. The first-order valence-corrected chi connectivity index (χ1v) is 7.94. The van der Waals surface area contributed by atoms with Crippen LogP contribution in [0, 0.1) is 0 Å². The van der Waals surface area contributed by atoms with Crippen molar-refractivity contribution in [1.29, 1.82) is 0 Å². The van der Waals surface area contributed by atoms with Gasteiger partial charge in [-0.05, 0) is 50.5 Å². The van der Waals surface area contributed by atoms with Crippen molar-refractivity contribution in [1.82, 2.24) is 4.72 Å². The standard InChI is InChI=1S/C13H21N3OS/c1-3-10(2)15-18(17,16-12-6-7-12)13-8-4-11(14)5-9-13/h4-5,8-10,12H,3,6-7,14H2,1-2H3,(H,15,16,17). The molecule has 2 rings (SSSR count). The number of hydrogen-bond acceptors (Lipinski definition) is 3. The Hall–Kier alpha value is -1.07. The molecule has 18 heavy (non-hydrogen) atoms. The summed E-state index contributed by atoms with van der Waals surface area (Å²) in [6, 6.07) is 7.59. The summed E-state index contributed by atoms with van der Waals surface area (Å²) in [5.41, 5.74) is 6.34. The number of anilines is 1. The van der Waals surface area contributed by atoms with E-state index in [1.807, 2.05) is 6.92 Å². The molecule has 1 aliphatic rings. The second-order valence-corrected chi connectivity index (χ2v) is 6.83. The molecular weight excluding hydrogens is 246 g/mol. The Morgan fingerprint density at radius 2 is 2.06 bits per heavy atom. The molecule has 2 unspecified atom stereocenters. The Labute approximate surface area is 109 Å². The lowest BCUT2D eigenvalue weighted by Gasteiger charge is -2.17. The average molecular weight is 267 g/mol. The van der Waals surface area contributed by atoms with Crippen LogP contribution in [0.25, 0.3) is 0 Å². The van der Waals surface area contributed by atoms with Crippen LogP contribution in [-0.2, 0) is 9.92 Å². The summed E-state index contributed by atoms with van der Waals surface area (Å²) < 4.78 is 20.7. The summed E-state index contributed by atoms with van der Waals surface area (Å²) in [7, 11) is -2.51. The molecule has 5 heteroatoms. The minimum absolute atomic E-state index is 0.178. The van der Waals surface area contributed by atoms with Gasteiger partial charge in [-0.2, -0.15) is 0 Å². The number of benzene rings is 1. The van der Waals surface area contributed by atoms with Crippen molar-refractivity contribution in [2.45, 2.75) is 50.1 Å². The van der Waals surface area contributed by atoms with Crippen LogP contribution in [0.15, 0.2) is 33.5 Å². The summed E-state index contributed by atoms with van der Waals surface area (Å²) in [6.45, 7) is 4.09. The van der Waals surface area contributed by atoms with Gasteiger partial charge in [-0.3, -0.25) is 0 Å². The quantitative estimate of drug-likeness (QED) is 0.805. The first kappa shape index (κ1) is 13.4. The summed E-state index contributed by atoms with van der Waals surface area (Å²) in [5.74, 6) is 0. The number of nitrogens with two attached hydrogens (primary N) is 1. The van der Waals surface area contributed by atoms with Gasteiger partial charge in [-0.25, -0.2) is 13.3 Å². The predicted octanol–water partition coefficient (Wildman–Crippen LogP) is 2.56. The molecule has 1 aliphatic carbocycles. The summed E-state index contributed by atoms with van der Waals surface area (Å²) >= 11 is 0. The van der Waals surface area contributed by atoms with Gasteiger partial charge in [0, 0.05) is 11.7 Å². The van der Waals surface area contributed by atoms with Crippen LogP contribution >= 0.6 is 0 Å². The van der Waals surface area contributed by atoms with Gasteiger partial charge in [0.1, 0.15) is 9.92 Å². The number of nitrogens with one attached hydrogen (secondary N) is 1. The molecular formula is C13H21N3OS. The highest BCUT2D eigenvalue weighted by atomic mass is 32.2. The van der Waals surface area contributed by atoms with Crippen LogP contribution in [0.4, 0.5) is 5.69 Å². The zero-order chi connectivity index (χ0) is 13.2. The minimum Gasteiger partial charge on any atom is -0.399 e.